The molecule has 0 radical (unpaired) electrons. The molecule has 0 bridgehead atoms. The minimum atomic E-state index is 0.485. The summed E-state index contributed by atoms with van der Waals surface area (Å²) in [5, 5.41) is 8.12. The Bertz CT molecular complexity index is 391. The average Bonchev–Trinajstić information content (AvgIpc) is 2.96. The molecule has 1 saturated carbocycles. The van der Waals surface area contributed by atoms with Crippen LogP contribution in [0.4, 0.5) is 0 Å². The molecule has 3 atom stereocenters. The molecule has 1 aliphatic rings. The van der Waals surface area contributed by atoms with Gasteiger partial charge in [-0.2, -0.15) is 0 Å². The Morgan fingerprint density at radius 3 is 2.85 bits per heavy atom. The molecular formula is C16H29N3S. The maximum Gasteiger partial charge on any atom is 0.0801 e. The van der Waals surface area contributed by atoms with Crippen molar-refractivity contribution in [2.24, 2.45) is 11.8 Å². The summed E-state index contributed by atoms with van der Waals surface area (Å²) in [4.78, 5) is 1.41. The molecule has 1 heterocycles. The molecule has 2 rings (SSSR count). The van der Waals surface area contributed by atoms with Crippen molar-refractivity contribution in [3.63, 3.8) is 0 Å². The van der Waals surface area contributed by atoms with E-state index in [9.17, 15) is 0 Å². The summed E-state index contributed by atoms with van der Waals surface area (Å²) in [6, 6.07) is 0.485. The van der Waals surface area contributed by atoms with Crippen LogP contribution in [0.25, 0.3) is 0 Å². The molecule has 0 aliphatic heterocycles. The fourth-order valence-electron chi connectivity index (χ4n) is 3.48. The monoisotopic (exact) mass is 295 g/mol. The topological polar surface area (TPSA) is 37.8 Å². The first-order chi connectivity index (χ1) is 9.80. The number of aromatic nitrogens is 2. The van der Waals surface area contributed by atoms with Gasteiger partial charge in [0.25, 0.3) is 0 Å². The molecule has 114 valence electrons. The molecule has 0 aromatic carbocycles. The van der Waals surface area contributed by atoms with Crippen LogP contribution in [0.15, 0.2) is 0 Å². The van der Waals surface area contributed by atoms with Gasteiger partial charge in [-0.1, -0.05) is 44.5 Å². The fraction of sp³-hybridized carbons (Fsp3) is 0.875. The lowest BCUT2D eigenvalue weighted by molar-refractivity contribution is 0.210. The van der Waals surface area contributed by atoms with E-state index in [1.807, 2.05) is 0 Å². The molecule has 1 fully saturated rings. The van der Waals surface area contributed by atoms with Crippen LogP contribution in [0.5, 0.6) is 0 Å². The van der Waals surface area contributed by atoms with E-state index < -0.39 is 0 Å². The summed E-state index contributed by atoms with van der Waals surface area (Å²) in [5.41, 5.74) is 1.21. The third-order valence-corrected chi connectivity index (χ3v) is 5.54. The summed E-state index contributed by atoms with van der Waals surface area (Å²) in [7, 11) is 0. The predicted molar refractivity (Wildman–Crippen MR) is 86.1 cm³/mol. The Kier molecular flexibility index (Phi) is 6.43. The van der Waals surface area contributed by atoms with E-state index in [1.54, 1.807) is 11.5 Å². The van der Waals surface area contributed by atoms with Crippen LogP contribution in [-0.4, -0.2) is 16.1 Å². The van der Waals surface area contributed by atoms with Gasteiger partial charge in [0.2, 0.25) is 0 Å². The maximum absolute atomic E-state index is 4.33. The molecular weight excluding hydrogens is 266 g/mol. The molecule has 0 amide bonds. The Morgan fingerprint density at radius 2 is 2.15 bits per heavy atom. The zero-order valence-corrected chi connectivity index (χ0v) is 14.0. The van der Waals surface area contributed by atoms with Crippen molar-refractivity contribution in [2.75, 3.05) is 6.54 Å². The van der Waals surface area contributed by atoms with Crippen molar-refractivity contribution in [3.8, 4) is 0 Å². The van der Waals surface area contributed by atoms with Gasteiger partial charge in [-0.3, -0.25) is 0 Å². The minimum Gasteiger partial charge on any atom is -0.309 e. The summed E-state index contributed by atoms with van der Waals surface area (Å²) in [6.07, 6.45) is 9.07. The Labute approximate surface area is 127 Å². The van der Waals surface area contributed by atoms with Crippen molar-refractivity contribution in [2.45, 2.75) is 71.8 Å². The Hall–Kier alpha value is -0.480. The average molecular weight is 295 g/mol. The number of hydrogen-bond donors (Lipinski definition) is 1. The zero-order chi connectivity index (χ0) is 14.4. The number of aryl methyl sites for hydroxylation is 1. The summed E-state index contributed by atoms with van der Waals surface area (Å²) in [5.74, 6) is 1.69. The lowest BCUT2D eigenvalue weighted by Gasteiger charge is -2.34. The van der Waals surface area contributed by atoms with E-state index in [2.05, 4.69) is 35.7 Å². The van der Waals surface area contributed by atoms with E-state index in [0.29, 0.717) is 6.04 Å². The van der Waals surface area contributed by atoms with Crippen LogP contribution in [0.2, 0.25) is 0 Å². The van der Waals surface area contributed by atoms with Crippen LogP contribution in [0.1, 0.15) is 75.9 Å². The molecule has 3 nitrogen and oxygen atoms in total. The van der Waals surface area contributed by atoms with Crippen LogP contribution >= 0.6 is 11.5 Å². The molecule has 1 aromatic rings. The highest BCUT2D eigenvalue weighted by atomic mass is 32.1. The number of nitrogens with one attached hydrogen (secondary N) is 1. The van der Waals surface area contributed by atoms with Gasteiger partial charge in [0.05, 0.1) is 10.6 Å². The van der Waals surface area contributed by atoms with Gasteiger partial charge < -0.3 is 5.32 Å². The molecule has 3 unspecified atom stereocenters. The number of rotatable bonds is 7. The van der Waals surface area contributed by atoms with Gasteiger partial charge in [0.1, 0.15) is 0 Å². The third-order valence-electron chi connectivity index (χ3n) is 4.69. The summed E-state index contributed by atoms with van der Waals surface area (Å²) >= 11 is 1.61. The van der Waals surface area contributed by atoms with Crippen LogP contribution in [0.3, 0.4) is 0 Å². The SMILES string of the molecule is CCCNC(c1snnc1CC)C1CCCC(CC)C1. The number of hydrogen-bond acceptors (Lipinski definition) is 4. The van der Waals surface area contributed by atoms with Gasteiger partial charge in [0.15, 0.2) is 0 Å². The smallest absolute Gasteiger partial charge is 0.0801 e. The Balaban J connectivity index is 2.14. The minimum absolute atomic E-state index is 0.485. The lowest BCUT2D eigenvalue weighted by Crippen LogP contribution is -2.32. The van der Waals surface area contributed by atoms with E-state index in [-0.39, 0.29) is 0 Å². The van der Waals surface area contributed by atoms with Crippen LogP contribution in [0, 0.1) is 11.8 Å². The molecule has 0 saturated heterocycles. The quantitative estimate of drug-likeness (QED) is 0.812. The van der Waals surface area contributed by atoms with Crippen LogP contribution in [-0.2, 0) is 6.42 Å². The van der Waals surface area contributed by atoms with Gasteiger partial charge >= 0.3 is 0 Å². The third kappa shape index (κ3) is 3.79. The summed E-state index contributed by atoms with van der Waals surface area (Å²) < 4.78 is 4.21. The van der Waals surface area contributed by atoms with Crippen molar-refractivity contribution in [1.29, 1.82) is 0 Å². The standard InChI is InChI=1S/C16H29N3S/c1-4-10-17-15(16-14(6-3)18-19-20-16)13-9-7-8-12(5-2)11-13/h12-13,15,17H,4-11H2,1-3H3. The second-order valence-corrected chi connectivity index (χ2v) is 6.86. The fourth-order valence-corrected chi connectivity index (χ4v) is 4.38. The second kappa shape index (κ2) is 8.08. The summed E-state index contributed by atoms with van der Waals surface area (Å²) in [6.45, 7) is 7.87. The largest absolute Gasteiger partial charge is 0.309 e. The molecule has 1 aliphatic carbocycles. The first kappa shape index (κ1) is 15.9. The van der Waals surface area contributed by atoms with Crippen molar-refractivity contribution in [3.05, 3.63) is 10.6 Å². The van der Waals surface area contributed by atoms with Gasteiger partial charge in [-0.05, 0) is 55.6 Å². The molecule has 1 aromatic heterocycles. The highest BCUT2D eigenvalue weighted by Gasteiger charge is 2.31. The molecule has 4 heteroatoms. The van der Waals surface area contributed by atoms with E-state index >= 15 is 0 Å². The lowest BCUT2D eigenvalue weighted by atomic mass is 9.76. The van der Waals surface area contributed by atoms with E-state index in [4.69, 9.17) is 0 Å². The van der Waals surface area contributed by atoms with E-state index in [1.165, 1.54) is 49.1 Å². The van der Waals surface area contributed by atoms with E-state index in [0.717, 1.165) is 24.8 Å². The highest BCUT2D eigenvalue weighted by Crippen LogP contribution is 2.40. The van der Waals surface area contributed by atoms with Crippen molar-refractivity contribution < 1.29 is 0 Å². The normalized spacial score (nSPS) is 24.8. The van der Waals surface area contributed by atoms with Crippen LogP contribution < -0.4 is 5.32 Å². The zero-order valence-electron chi connectivity index (χ0n) is 13.2. The van der Waals surface area contributed by atoms with Gasteiger partial charge in [-0.25, -0.2) is 0 Å². The number of nitrogens with zero attached hydrogens (tertiary/aromatic N) is 2. The highest BCUT2D eigenvalue weighted by molar-refractivity contribution is 7.05. The molecule has 0 spiro atoms. The van der Waals surface area contributed by atoms with Crippen molar-refractivity contribution >= 4 is 11.5 Å². The Morgan fingerprint density at radius 1 is 1.30 bits per heavy atom. The molecule has 20 heavy (non-hydrogen) atoms. The molecule has 1 N–H and O–H groups in total. The van der Waals surface area contributed by atoms with Gasteiger partial charge in [0, 0.05) is 6.04 Å². The first-order valence-electron chi connectivity index (χ1n) is 8.34. The predicted octanol–water partition coefficient (Wildman–Crippen LogP) is 4.36. The second-order valence-electron chi connectivity index (χ2n) is 6.07. The first-order valence-corrected chi connectivity index (χ1v) is 9.11. The van der Waals surface area contributed by atoms with Crippen molar-refractivity contribution in [1.82, 2.24) is 14.9 Å². The van der Waals surface area contributed by atoms with Gasteiger partial charge in [-0.15, -0.1) is 5.10 Å². The maximum atomic E-state index is 4.33.